The van der Waals surface area contributed by atoms with Gasteiger partial charge in [-0.3, -0.25) is 10.1 Å². The van der Waals surface area contributed by atoms with Gasteiger partial charge in [0.15, 0.2) is 0 Å². The molecule has 2 aromatic carbocycles. The van der Waals surface area contributed by atoms with E-state index in [1.165, 1.54) is 21.3 Å². The van der Waals surface area contributed by atoms with Gasteiger partial charge in [0.2, 0.25) is 10.0 Å². The summed E-state index contributed by atoms with van der Waals surface area (Å²) >= 11 is 0. The smallest absolute Gasteiger partial charge is 0.293 e. The summed E-state index contributed by atoms with van der Waals surface area (Å²) in [7, 11) is -0.201. The third kappa shape index (κ3) is 4.66. The molecular weight excluding hydrogens is 396 g/mol. The number of nitrogens with one attached hydrogen (secondary N) is 2. The maximum Gasteiger partial charge on any atom is 0.293 e. The lowest BCUT2D eigenvalue weighted by molar-refractivity contribution is -0.883. The predicted octanol–water partition coefficient (Wildman–Crippen LogP) is 0.735. The van der Waals surface area contributed by atoms with Gasteiger partial charge in [-0.05, 0) is 18.2 Å². The molecule has 0 spiro atoms. The minimum Gasteiger partial charge on any atom is -0.496 e. The molecule has 156 valence electrons. The number of benzene rings is 2. The molecule has 0 saturated carbocycles. The van der Waals surface area contributed by atoms with Crippen molar-refractivity contribution in [2.75, 3.05) is 45.7 Å². The zero-order valence-corrected chi connectivity index (χ0v) is 17.2. The first-order valence-corrected chi connectivity index (χ1v) is 10.7. The third-order valence-electron chi connectivity index (χ3n) is 5.04. The molecule has 0 atom stereocenters. The van der Waals surface area contributed by atoms with Crippen molar-refractivity contribution in [1.82, 2.24) is 4.31 Å². The first-order chi connectivity index (χ1) is 13.8. The van der Waals surface area contributed by atoms with E-state index >= 15 is 0 Å². The number of piperazine rings is 1. The average molecular weight is 421 g/mol. The molecule has 2 N–H and O–H groups in total. The van der Waals surface area contributed by atoms with Crippen molar-refractivity contribution in [3.8, 4) is 5.75 Å². The number of nitro groups is 1. The van der Waals surface area contributed by atoms with Crippen LogP contribution in [0.1, 0.15) is 5.56 Å². The minimum atomic E-state index is -3.77. The van der Waals surface area contributed by atoms with Gasteiger partial charge in [0, 0.05) is 18.2 Å². The number of rotatable bonds is 7. The van der Waals surface area contributed by atoms with Gasteiger partial charge in [-0.2, -0.15) is 4.31 Å². The average Bonchev–Trinajstić information content (AvgIpc) is 2.72. The molecule has 1 saturated heterocycles. The van der Waals surface area contributed by atoms with Crippen LogP contribution in [0.5, 0.6) is 5.75 Å². The highest BCUT2D eigenvalue weighted by Gasteiger charge is 2.31. The Morgan fingerprint density at radius 1 is 1.21 bits per heavy atom. The van der Waals surface area contributed by atoms with Crippen LogP contribution in [0.2, 0.25) is 0 Å². The number of nitro benzene ring substituents is 1. The van der Waals surface area contributed by atoms with Crippen LogP contribution >= 0.6 is 0 Å². The normalized spacial score (nSPS) is 15.8. The Morgan fingerprint density at radius 2 is 1.90 bits per heavy atom. The molecule has 3 rings (SSSR count). The van der Waals surface area contributed by atoms with Crippen molar-refractivity contribution in [2.45, 2.75) is 11.4 Å². The maximum absolute atomic E-state index is 12.9. The maximum atomic E-state index is 12.9. The summed E-state index contributed by atoms with van der Waals surface area (Å²) in [6, 6.07) is 11.3. The molecule has 10 heteroatoms. The quantitative estimate of drug-likeness (QED) is 0.504. The molecule has 9 nitrogen and oxygen atoms in total. The van der Waals surface area contributed by atoms with E-state index in [0.29, 0.717) is 38.5 Å². The lowest BCUT2D eigenvalue weighted by Crippen LogP contribution is -3.12. The number of likely N-dealkylation sites (N-methyl/N-ethyl adjacent to an activating group) is 1. The highest BCUT2D eigenvalue weighted by atomic mass is 32.2. The number of hydrogen-bond donors (Lipinski definition) is 2. The molecule has 1 fully saturated rings. The van der Waals surface area contributed by atoms with Gasteiger partial charge < -0.3 is 15.0 Å². The molecule has 0 aliphatic carbocycles. The second kappa shape index (κ2) is 8.76. The first-order valence-electron chi connectivity index (χ1n) is 9.28. The molecule has 1 aliphatic heterocycles. The Hall–Kier alpha value is -2.69. The fourth-order valence-corrected chi connectivity index (χ4v) is 4.73. The van der Waals surface area contributed by atoms with E-state index in [1.54, 1.807) is 13.2 Å². The van der Waals surface area contributed by atoms with Crippen molar-refractivity contribution >= 4 is 21.4 Å². The summed E-state index contributed by atoms with van der Waals surface area (Å²) in [5.74, 6) is 0.666. The van der Waals surface area contributed by atoms with Gasteiger partial charge in [0.1, 0.15) is 11.4 Å². The van der Waals surface area contributed by atoms with E-state index in [4.69, 9.17) is 4.74 Å². The topological polar surface area (TPSA) is 106 Å². The van der Waals surface area contributed by atoms with Crippen LogP contribution in [0.3, 0.4) is 0 Å². The van der Waals surface area contributed by atoms with Gasteiger partial charge in [-0.15, -0.1) is 0 Å². The van der Waals surface area contributed by atoms with E-state index in [0.717, 1.165) is 11.6 Å². The van der Waals surface area contributed by atoms with E-state index < -0.39 is 14.9 Å². The highest BCUT2D eigenvalue weighted by Crippen LogP contribution is 2.30. The molecular formula is C19H25N4O5S+. The van der Waals surface area contributed by atoms with Crippen LogP contribution < -0.4 is 15.0 Å². The molecule has 1 aliphatic rings. The second-order valence-corrected chi connectivity index (χ2v) is 8.90. The van der Waals surface area contributed by atoms with Gasteiger partial charge >= 0.3 is 0 Å². The number of quaternary nitrogens is 1. The van der Waals surface area contributed by atoms with Crippen molar-refractivity contribution in [3.63, 3.8) is 0 Å². The molecule has 1 heterocycles. The molecule has 0 radical (unpaired) electrons. The molecule has 0 unspecified atom stereocenters. The standard InChI is InChI=1S/C19H24N4O5S/c1-21-9-11-22(12-10-21)29(26,27)16-7-8-17(18(13-16)23(24)25)20-14-15-5-3-4-6-19(15)28-2/h3-8,13,20H,9-12,14H2,1-2H3/p+1. The Kier molecular flexibility index (Phi) is 6.36. The number of hydrogen-bond acceptors (Lipinski definition) is 6. The number of nitrogens with zero attached hydrogens (tertiary/aromatic N) is 2. The summed E-state index contributed by atoms with van der Waals surface area (Å²) < 4.78 is 32.5. The van der Waals surface area contributed by atoms with Crippen LogP contribution in [0.15, 0.2) is 47.4 Å². The van der Waals surface area contributed by atoms with Gasteiger partial charge in [-0.25, -0.2) is 8.42 Å². The number of methoxy groups -OCH3 is 1. The summed E-state index contributed by atoms with van der Waals surface area (Å²) in [5.41, 5.74) is 0.810. The largest absolute Gasteiger partial charge is 0.496 e. The molecule has 0 bridgehead atoms. The van der Waals surface area contributed by atoms with Crippen LogP contribution in [0.25, 0.3) is 0 Å². The van der Waals surface area contributed by atoms with Crippen LogP contribution in [-0.2, 0) is 16.6 Å². The molecule has 2 aromatic rings. The second-order valence-electron chi connectivity index (χ2n) is 6.96. The van der Waals surface area contributed by atoms with E-state index in [1.807, 2.05) is 25.2 Å². The Balaban J connectivity index is 1.84. The summed E-state index contributed by atoms with van der Waals surface area (Å²) in [4.78, 5) is 12.2. The van der Waals surface area contributed by atoms with Crippen LogP contribution in [-0.4, -0.2) is 58.0 Å². The molecule has 29 heavy (non-hydrogen) atoms. The Bertz CT molecular complexity index is 988. The Morgan fingerprint density at radius 3 is 2.55 bits per heavy atom. The number of para-hydroxylation sites is 1. The van der Waals surface area contributed by atoms with Gasteiger partial charge in [0.05, 0.1) is 50.2 Å². The van der Waals surface area contributed by atoms with E-state index in [9.17, 15) is 18.5 Å². The van der Waals surface area contributed by atoms with E-state index in [2.05, 4.69) is 5.32 Å². The van der Waals surface area contributed by atoms with Gasteiger partial charge in [-0.1, -0.05) is 18.2 Å². The zero-order valence-electron chi connectivity index (χ0n) is 16.4. The number of ether oxygens (including phenoxy) is 1. The van der Waals surface area contributed by atoms with Gasteiger partial charge in [0.25, 0.3) is 5.69 Å². The number of anilines is 1. The third-order valence-corrected chi connectivity index (χ3v) is 6.94. The molecule has 0 amide bonds. The van der Waals surface area contributed by atoms with Crippen LogP contribution in [0.4, 0.5) is 11.4 Å². The van der Waals surface area contributed by atoms with Crippen molar-refractivity contribution < 1.29 is 23.0 Å². The fourth-order valence-electron chi connectivity index (χ4n) is 3.27. The number of sulfonamides is 1. The van der Waals surface area contributed by atoms with E-state index in [-0.39, 0.29) is 16.3 Å². The monoisotopic (exact) mass is 421 g/mol. The zero-order chi connectivity index (χ0) is 21.0. The van der Waals surface area contributed by atoms with Crippen molar-refractivity contribution in [3.05, 3.63) is 58.1 Å². The van der Waals surface area contributed by atoms with Crippen LogP contribution in [0, 0.1) is 10.1 Å². The highest BCUT2D eigenvalue weighted by molar-refractivity contribution is 7.89. The first kappa shape index (κ1) is 21.0. The minimum absolute atomic E-state index is 0.0633. The summed E-state index contributed by atoms with van der Waals surface area (Å²) in [6.45, 7) is 2.52. The van der Waals surface area contributed by atoms with Crippen molar-refractivity contribution in [1.29, 1.82) is 0 Å². The lowest BCUT2D eigenvalue weighted by Gasteiger charge is -2.29. The predicted molar refractivity (Wildman–Crippen MR) is 109 cm³/mol. The molecule has 0 aromatic heterocycles. The SMILES string of the molecule is COc1ccccc1CNc1ccc(S(=O)(=O)N2CC[NH+](C)CC2)cc1[N+](=O)[O-]. The Labute approximate surface area is 170 Å². The van der Waals surface area contributed by atoms with Crippen molar-refractivity contribution in [2.24, 2.45) is 0 Å². The summed E-state index contributed by atoms with van der Waals surface area (Å²) in [5, 5.41) is 14.6. The lowest BCUT2D eigenvalue weighted by atomic mass is 10.2. The summed E-state index contributed by atoms with van der Waals surface area (Å²) in [6.07, 6.45) is 0. The fraction of sp³-hybridized carbons (Fsp3) is 0.368.